The van der Waals surface area contributed by atoms with E-state index >= 15 is 0 Å². The zero-order chi connectivity index (χ0) is 23.5. The highest BCUT2D eigenvalue weighted by atomic mass is 16.5. The molecule has 182 valence electrons. The van der Waals surface area contributed by atoms with Crippen LogP contribution in [0, 0.1) is 11.8 Å². The van der Waals surface area contributed by atoms with Crippen LogP contribution in [0.5, 0.6) is 11.5 Å². The molecule has 0 aromatic heterocycles. The fourth-order valence-corrected chi connectivity index (χ4v) is 5.97. The Hall–Kier alpha value is -2.37. The monoisotopic (exact) mass is 462 g/mol. The Morgan fingerprint density at radius 3 is 1.82 bits per heavy atom. The summed E-state index contributed by atoms with van der Waals surface area (Å²) < 4.78 is 13.3. The van der Waals surface area contributed by atoms with Gasteiger partial charge in [0, 0.05) is 41.6 Å². The van der Waals surface area contributed by atoms with Crippen LogP contribution in [0.25, 0.3) is 11.1 Å². The van der Waals surface area contributed by atoms with E-state index < -0.39 is 0 Å². The van der Waals surface area contributed by atoms with E-state index in [2.05, 4.69) is 30.5 Å². The van der Waals surface area contributed by atoms with E-state index in [0.29, 0.717) is 17.4 Å². The summed E-state index contributed by atoms with van der Waals surface area (Å²) in [5, 5.41) is 6.94. The van der Waals surface area contributed by atoms with Gasteiger partial charge in [-0.2, -0.15) is 0 Å². The van der Waals surface area contributed by atoms with E-state index in [1.54, 1.807) is 0 Å². The van der Waals surface area contributed by atoms with Gasteiger partial charge in [-0.25, -0.2) is 0 Å². The lowest BCUT2D eigenvalue weighted by molar-refractivity contribution is 0.102. The van der Waals surface area contributed by atoms with E-state index in [4.69, 9.17) is 9.47 Å². The lowest BCUT2D eigenvalue weighted by Crippen LogP contribution is -2.29. The van der Waals surface area contributed by atoms with Crippen molar-refractivity contribution in [1.82, 2.24) is 10.6 Å². The summed E-state index contributed by atoms with van der Waals surface area (Å²) in [6.07, 6.45) is 6.73. The number of ketones is 1. The van der Waals surface area contributed by atoms with Crippen molar-refractivity contribution in [2.24, 2.45) is 11.8 Å². The maximum absolute atomic E-state index is 13.6. The third-order valence-electron chi connectivity index (χ3n) is 7.74. The SMILES string of the molecule is CCCC(Oc1cccc2c1C(=O)c1cccc(OC(CCC)C3CCNC3)c1-2)C1CCNC1. The standard InChI is InChI=1S/C29H38N2O3/c1-3-7-23(19-13-15-30-17-19)33-25-11-6-10-22-27(25)21-9-5-12-26(28(21)29(22)32)34-24(8-4-2)20-14-16-31-18-20/h5-6,9-12,19-20,23-24,30-31H,3-4,7-8,13-18H2,1-2H3. The van der Waals surface area contributed by atoms with Crippen LogP contribution in [-0.4, -0.2) is 44.2 Å². The topological polar surface area (TPSA) is 59.6 Å². The Kier molecular flexibility index (Phi) is 7.21. The number of hydrogen-bond acceptors (Lipinski definition) is 5. The van der Waals surface area contributed by atoms with Gasteiger partial charge in [0.2, 0.25) is 0 Å². The van der Waals surface area contributed by atoms with Crippen molar-refractivity contribution in [3.63, 3.8) is 0 Å². The molecule has 4 unspecified atom stereocenters. The van der Waals surface area contributed by atoms with Gasteiger partial charge in [0.25, 0.3) is 0 Å². The van der Waals surface area contributed by atoms with E-state index in [9.17, 15) is 4.79 Å². The highest BCUT2D eigenvalue weighted by Crippen LogP contribution is 2.47. The lowest BCUT2D eigenvalue weighted by Gasteiger charge is -2.26. The molecule has 0 radical (unpaired) electrons. The molecule has 0 amide bonds. The van der Waals surface area contributed by atoms with Crippen molar-refractivity contribution in [1.29, 1.82) is 0 Å². The third kappa shape index (κ3) is 4.48. The van der Waals surface area contributed by atoms with Gasteiger partial charge in [-0.3, -0.25) is 4.79 Å². The highest BCUT2D eigenvalue weighted by molar-refractivity contribution is 6.24. The summed E-state index contributed by atoms with van der Waals surface area (Å²) in [6, 6.07) is 12.0. The second-order valence-electron chi connectivity index (χ2n) is 10.1. The van der Waals surface area contributed by atoms with Crippen molar-refractivity contribution in [3.8, 4) is 22.6 Å². The first-order valence-corrected chi connectivity index (χ1v) is 13.3. The van der Waals surface area contributed by atoms with Crippen LogP contribution in [0.2, 0.25) is 0 Å². The molecule has 5 heteroatoms. The van der Waals surface area contributed by atoms with E-state index in [0.717, 1.165) is 92.9 Å². The lowest BCUT2D eigenvalue weighted by atomic mass is 9.97. The minimum absolute atomic E-state index is 0.0559. The van der Waals surface area contributed by atoms with Crippen molar-refractivity contribution in [2.45, 2.75) is 64.6 Å². The molecule has 2 aliphatic heterocycles. The summed E-state index contributed by atoms with van der Waals surface area (Å²) in [6.45, 7) is 8.50. The third-order valence-corrected chi connectivity index (χ3v) is 7.74. The molecule has 2 N–H and O–H groups in total. The van der Waals surface area contributed by atoms with Crippen LogP contribution < -0.4 is 20.1 Å². The first-order chi connectivity index (χ1) is 16.7. The summed E-state index contributed by atoms with van der Waals surface area (Å²) in [7, 11) is 0. The summed E-state index contributed by atoms with van der Waals surface area (Å²) >= 11 is 0. The van der Waals surface area contributed by atoms with E-state index in [1.807, 2.05) is 30.3 Å². The Balaban J connectivity index is 1.47. The van der Waals surface area contributed by atoms with Gasteiger partial charge in [0.05, 0.1) is 5.56 Å². The smallest absolute Gasteiger partial charge is 0.198 e. The number of hydrogen-bond donors (Lipinski definition) is 2. The Bertz CT molecular complexity index is 1010. The zero-order valence-electron chi connectivity index (χ0n) is 20.6. The summed E-state index contributed by atoms with van der Waals surface area (Å²) in [5.41, 5.74) is 3.33. The fraction of sp³-hybridized carbons (Fsp3) is 0.552. The summed E-state index contributed by atoms with van der Waals surface area (Å²) in [5.74, 6) is 2.61. The maximum atomic E-state index is 13.6. The molecule has 1 aliphatic carbocycles. The van der Waals surface area contributed by atoms with Gasteiger partial charge in [-0.05, 0) is 50.9 Å². The molecule has 0 bridgehead atoms. The van der Waals surface area contributed by atoms with Crippen LogP contribution in [0.15, 0.2) is 36.4 Å². The highest BCUT2D eigenvalue weighted by Gasteiger charge is 2.35. The number of fused-ring (bicyclic) bond motifs is 3. The normalized spacial score (nSPS) is 22.9. The molecule has 3 aliphatic rings. The fourth-order valence-electron chi connectivity index (χ4n) is 5.97. The number of benzene rings is 2. The molecule has 2 aromatic carbocycles. The molecule has 34 heavy (non-hydrogen) atoms. The average molecular weight is 463 g/mol. The minimum Gasteiger partial charge on any atom is -0.489 e. The maximum Gasteiger partial charge on any atom is 0.198 e. The Labute approximate surface area is 203 Å². The van der Waals surface area contributed by atoms with Gasteiger partial charge < -0.3 is 20.1 Å². The van der Waals surface area contributed by atoms with Gasteiger partial charge in [-0.1, -0.05) is 51.0 Å². The summed E-state index contributed by atoms with van der Waals surface area (Å²) in [4.78, 5) is 13.6. The molecular weight excluding hydrogens is 424 g/mol. The predicted octanol–water partition coefficient (Wildman–Crippen LogP) is 5.21. The van der Waals surface area contributed by atoms with Gasteiger partial charge >= 0.3 is 0 Å². The van der Waals surface area contributed by atoms with Gasteiger partial charge in [0.1, 0.15) is 23.7 Å². The van der Waals surface area contributed by atoms with Crippen LogP contribution in [0.4, 0.5) is 0 Å². The molecule has 2 heterocycles. The molecule has 5 rings (SSSR count). The van der Waals surface area contributed by atoms with Crippen LogP contribution in [0.1, 0.15) is 68.3 Å². The number of carbonyl (C=O) groups is 1. The van der Waals surface area contributed by atoms with Crippen LogP contribution in [0.3, 0.4) is 0 Å². The molecule has 4 atom stereocenters. The van der Waals surface area contributed by atoms with Crippen LogP contribution >= 0.6 is 0 Å². The first kappa shape index (κ1) is 23.4. The van der Waals surface area contributed by atoms with Crippen LogP contribution in [-0.2, 0) is 0 Å². The minimum atomic E-state index is 0.0559. The molecule has 5 nitrogen and oxygen atoms in total. The predicted molar refractivity (Wildman–Crippen MR) is 136 cm³/mol. The number of carbonyl (C=O) groups excluding carboxylic acids is 1. The first-order valence-electron chi connectivity index (χ1n) is 13.3. The number of nitrogens with one attached hydrogen (secondary N) is 2. The second kappa shape index (κ2) is 10.5. The molecule has 2 fully saturated rings. The molecular formula is C29H38N2O3. The van der Waals surface area contributed by atoms with E-state index in [1.165, 1.54) is 0 Å². The van der Waals surface area contributed by atoms with Crippen molar-refractivity contribution in [3.05, 3.63) is 47.5 Å². The molecule has 2 aromatic rings. The average Bonchev–Trinajstić information content (AvgIpc) is 3.61. The van der Waals surface area contributed by atoms with Crippen molar-refractivity contribution in [2.75, 3.05) is 26.2 Å². The quantitative estimate of drug-likeness (QED) is 0.433. The number of ether oxygens (including phenoxy) is 2. The Morgan fingerprint density at radius 1 is 0.794 bits per heavy atom. The molecule has 0 spiro atoms. The molecule has 0 saturated carbocycles. The Morgan fingerprint density at radius 2 is 1.32 bits per heavy atom. The second-order valence-corrected chi connectivity index (χ2v) is 10.1. The largest absolute Gasteiger partial charge is 0.489 e. The zero-order valence-corrected chi connectivity index (χ0v) is 20.6. The van der Waals surface area contributed by atoms with Crippen molar-refractivity contribution >= 4 is 5.78 Å². The van der Waals surface area contributed by atoms with E-state index in [-0.39, 0.29) is 18.0 Å². The molecule has 2 saturated heterocycles. The van der Waals surface area contributed by atoms with Gasteiger partial charge in [0.15, 0.2) is 5.78 Å². The van der Waals surface area contributed by atoms with Crippen molar-refractivity contribution < 1.29 is 14.3 Å². The van der Waals surface area contributed by atoms with Gasteiger partial charge in [-0.15, -0.1) is 0 Å². The number of rotatable bonds is 10.